The van der Waals surface area contributed by atoms with E-state index >= 15 is 0 Å². The third-order valence-electron chi connectivity index (χ3n) is 9.06. The lowest BCUT2D eigenvalue weighted by Gasteiger charge is -2.44. The van der Waals surface area contributed by atoms with Gasteiger partial charge in [-0.25, -0.2) is 12.8 Å². The number of carbonyl (C=O) groups excluding carboxylic acids is 1. The summed E-state index contributed by atoms with van der Waals surface area (Å²) in [5.41, 5.74) is 2.25. The largest absolute Gasteiger partial charge is 0.369 e. The number of amides is 1. The number of piperidine rings is 2. The number of rotatable bonds is 5. The number of likely N-dealkylation sites (tertiary alicyclic amines) is 1. The van der Waals surface area contributed by atoms with Crippen LogP contribution in [0.25, 0.3) is 0 Å². The van der Waals surface area contributed by atoms with E-state index in [1.807, 2.05) is 10.6 Å². The molecule has 3 saturated heterocycles. The van der Waals surface area contributed by atoms with Crippen LogP contribution >= 0.6 is 0 Å². The van der Waals surface area contributed by atoms with Crippen LogP contribution in [0.1, 0.15) is 41.2 Å². The SMILES string of the molecule is O=C(c1ccc(N2CC3CC(C2)c2cccc(=O)n2C3)c(NS(=O)(=O)c2ccc(F)cc2)c1)N1CCC2(CC1)OCCO2. The van der Waals surface area contributed by atoms with Crippen molar-refractivity contribution in [2.75, 3.05) is 49.0 Å². The van der Waals surface area contributed by atoms with Gasteiger partial charge in [0.2, 0.25) is 0 Å². The lowest BCUT2D eigenvalue weighted by atomic mass is 9.83. The van der Waals surface area contributed by atoms with Crippen LogP contribution in [-0.4, -0.2) is 69.0 Å². The fourth-order valence-electron chi connectivity index (χ4n) is 6.96. The average molecular weight is 609 g/mol. The number of anilines is 2. The first-order valence-corrected chi connectivity index (χ1v) is 16.1. The number of sulfonamides is 1. The van der Waals surface area contributed by atoms with Crippen LogP contribution < -0.4 is 15.2 Å². The van der Waals surface area contributed by atoms with E-state index in [2.05, 4.69) is 9.62 Å². The number of hydrogen-bond donors (Lipinski definition) is 1. The number of aromatic nitrogens is 1. The molecule has 1 spiro atoms. The monoisotopic (exact) mass is 608 g/mol. The summed E-state index contributed by atoms with van der Waals surface area (Å²) in [6, 6.07) is 15.1. The van der Waals surface area contributed by atoms with E-state index in [0.29, 0.717) is 70.0 Å². The highest BCUT2D eigenvalue weighted by atomic mass is 32.2. The molecule has 4 aliphatic rings. The van der Waals surface area contributed by atoms with Gasteiger partial charge in [0.15, 0.2) is 5.79 Å². The Bertz CT molecular complexity index is 1710. The van der Waals surface area contributed by atoms with Crippen molar-refractivity contribution in [3.8, 4) is 0 Å². The molecule has 10 nitrogen and oxygen atoms in total. The maximum atomic E-state index is 13.6. The van der Waals surface area contributed by atoms with Crippen molar-refractivity contribution < 1.29 is 27.1 Å². The summed E-state index contributed by atoms with van der Waals surface area (Å²) in [6.45, 7) is 3.84. The summed E-state index contributed by atoms with van der Waals surface area (Å²) >= 11 is 0. The van der Waals surface area contributed by atoms with E-state index in [4.69, 9.17) is 9.47 Å². The van der Waals surface area contributed by atoms with E-state index in [0.717, 1.165) is 24.2 Å². The molecule has 1 aromatic heterocycles. The zero-order valence-electron chi connectivity index (χ0n) is 23.6. The topological polar surface area (TPSA) is 110 Å². The molecule has 3 fully saturated rings. The molecule has 43 heavy (non-hydrogen) atoms. The predicted molar refractivity (Wildman–Crippen MR) is 157 cm³/mol. The molecule has 2 unspecified atom stereocenters. The van der Waals surface area contributed by atoms with Gasteiger partial charge in [-0.2, -0.15) is 0 Å². The summed E-state index contributed by atoms with van der Waals surface area (Å²) in [7, 11) is -4.09. The highest BCUT2D eigenvalue weighted by Crippen LogP contribution is 2.40. The molecule has 4 aliphatic heterocycles. The highest BCUT2D eigenvalue weighted by molar-refractivity contribution is 7.92. The van der Waals surface area contributed by atoms with Gasteiger partial charge in [0.05, 0.1) is 29.5 Å². The number of carbonyl (C=O) groups is 1. The minimum Gasteiger partial charge on any atom is -0.369 e. The molecule has 7 rings (SSSR count). The lowest BCUT2D eigenvalue weighted by Crippen LogP contribution is -2.47. The summed E-state index contributed by atoms with van der Waals surface area (Å²) in [5, 5.41) is 0. The van der Waals surface area contributed by atoms with Crippen LogP contribution in [-0.2, 0) is 26.0 Å². The number of hydrogen-bond acceptors (Lipinski definition) is 7. The van der Waals surface area contributed by atoms with Crippen molar-refractivity contribution >= 4 is 27.3 Å². The van der Waals surface area contributed by atoms with E-state index in [-0.39, 0.29) is 33.9 Å². The van der Waals surface area contributed by atoms with Gasteiger partial charge in [-0.3, -0.25) is 14.3 Å². The first-order valence-electron chi connectivity index (χ1n) is 14.6. The molecule has 3 aromatic rings. The molecule has 0 radical (unpaired) electrons. The van der Waals surface area contributed by atoms with Crippen LogP contribution in [0.15, 0.2) is 70.4 Å². The number of halogens is 1. The first-order chi connectivity index (χ1) is 20.7. The summed E-state index contributed by atoms with van der Waals surface area (Å²) in [5.74, 6) is -1.05. The van der Waals surface area contributed by atoms with Gasteiger partial charge in [-0.05, 0) is 60.9 Å². The Balaban J connectivity index is 1.20. The Morgan fingerprint density at radius 1 is 0.953 bits per heavy atom. The highest BCUT2D eigenvalue weighted by Gasteiger charge is 2.41. The normalized spacial score (nSPS) is 22.8. The summed E-state index contributed by atoms with van der Waals surface area (Å²) in [4.78, 5) is 29.9. The maximum absolute atomic E-state index is 13.6. The van der Waals surface area contributed by atoms with E-state index in [9.17, 15) is 22.4 Å². The molecule has 2 aromatic carbocycles. The fourth-order valence-corrected chi connectivity index (χ4v) is 8.02. The van der Waals surface area contributed by atoms with Crippen molar-refractivity contribution in [2.24, 2.45) is 5.92 Å². The van der Waals surface area contributed by atoms with Crippen molar-refractivity contribution in [3.05, 3.63) is 88.1 Å². The summed E-state index contributed by atoms with van der Waals surface area (Å²) < 4.78 is 56.6. The van der Waals surface area contributed by atoms with Crippen molar-refractivity contribution in [1.82, 2.24) is 9.47 Å². The first kappa shape index (κ1) is 28.1. The summed E-state index contributed by atoms with van der Waals surface area (Å²) in [6.07, 6.45) is 2.08. The van der Waals surface area contributed by atoms with Crippen LogP contribution in [0, 0.1) is 11.7 Å². The molecule has 1 N–H and O–H groups in total. The fraction of sp³-hybridized carbons (Fsp3) is 0.419. The standard InChI is InChI=1S/C31H33FN4O6S/c32-24-5-7-25(8-6-24)43(39,40)33-26-17-22(30(38)34-12-10-31(11-13-34)41-14-15-42-31)4-9-28(26)35-18-21-16-23(20-35)27-2-1-3-29(37)36(27)19-21/h1-9,17,21,23,33H,10-16,18-20H2. The van der Waals surface area contributed by atoms with Crippen molar-refractivity contribution in [3.63, 3.8) is 0 Å². The second-order valence-electron chi connectivity index (χ2n) is 11.8. The smallest absolute Gasteiger partial charge is 0.261 e. The van der Waals surface area contributed by atoms with Gasteiger partial charge in [0.1, 0.15) is 5.82 Å². The van der Waals surface area contributed by atoms with Crippen LogP contribution in [0.2, 0.25) is 0 Å². The molecule has 0 aliphatic carbocycles. The Morgan fingerprint density at radius 3 is 2.44 bits per heavy atom. The second-order valence-corrected chi connectivity index (χ2v) is 13.5. The minimum absolute atomic E-state index is 0.00838. The molecular weight excluding hydrogens is 575 g/mol. The Kier molecular flexibility index (Phi) is 7.02. The van der Waals surface area contributed by atoms with E-state index < -0.39 is 21.6 Å². The third kappa shape index (κ3) is 5.32. The van der Waals surface area contributed by atoms with Gasteiger partial charge in [0, 0.05) is 68.8 Å². The van der Waals surface area contributed by atoms with Crippen molar-refractivity contribution in [1.29, 1.82) is 0 Å². The number of ether oxygens (including phenoxy) is 2. The molecule has 0 saturated carbocycles. The van der Waals surface area contributed by atoms with Crippen LogP contribution in [0.4, 0.5) is 15.8 Å². The Labute approximate surface area is 249 Å². The molecular formula is C31H33FN4O6S. The van der Waals surface area contributed by atoms with Crippen LogP contribution in [0.3, 0.4) is 0 Å². The molecule has 2 atom stereocenters. The molecule has 226 valence electrons. The van der Waals surface area contributed by atoms with Gasteiger partial charge >= 0.3 is 0 Å². The maximum Gasteiger partial charge on any atom is 0.261 e. The zero-order chi connectivity index (χ0) is 29.8. The second kappa shape index (κ2) is 10.8. The van der Waals surface area contributed by atoms with E-state index in [1.165, 1.54) is 12.1 Å². The number of benzene rings is 2. The van der Waals surface area contributed by atoms with Crippen LogP contribution in [0.5, 0.6) is 0 Å². The van der Waals surface area contributed by atoms with Gasteiger partial charge in [-0.15, -0.1) is 0 Å². The molecule has 1 amide bonds. The lowest BCUT2D eigenvalue weighted by molar-refractivity contribution is -0.181. The van der Waals surface area contributed by atoms with Gasteiger partial charge in [-0.1, -0.05) is 6.07 Å². The van der Waals surface area contributed by atoms with Gasteiger partial charge in [0.25, 0.3) is 21.5 Å². The average Bonchev–Trinajstić information content (AvgIpc) is 3.45. The number of fused-ring (bicyclic) bond motifs is 4. The zero-order valence-corrected chi connectivity index (χ0v) is 24.4. The Morgan fingerprint density at radius 2 is 1.70 bits per heavy atom. The molecule has 2 bridgehead atoms. The molecule has 12 heteroatoms. The number of pyridine rings is 1. The Hall–Kier alpha value is -3.74. The minimum atomic E-state index is -4.09. The quantitative estimate of drug-likeness (QED) is 0.473. The molecule has 5 heterocycles. The predicted octanol–water partition coefficient (Wildman–Crippen LogP) is 3.39. The number of nitrogens with one attached hydrogen (secondary N) is 1. The van der Waals surface area contributed by atoms with E-state index in [1.54, 1.807) is 35.2 Å². The number of nitrogens with zero attached hydrogens (tertiary/aromatic N) is 3. The van der Waals surface area contributed by atoms with Crippen molar-refractivity contribution in [2.45, 2.75) is 42.4 Å². The van der Waals surface area contributed by atoms with Gasteiger partial charge < -0.3 is 23.8 Å². The third-order valence-corrected chi connectivity index (χ3v) is 10.4.